The third kappa shape index (κ3) is 7.50. The summed E-state index contributed by atoms with van der Waals surface area (Å²) >= 11 is 0. The van der Waals surface area contributed by atoms with Gasteiger partial charge in [0.15, 0.2) is 0 Å². The highest BCUT2D eigenvalue weighted by Crippen LogP contribution is 2.08. The van der Waals surface area contributed by atoms with E-state index in [-0.39, 0.29) is 0 Å². The van der Waals surface area contributed by atoms with E-state index in [1.807, 2.05) is 6.92 Å². The van der Waals surface area contributed by atoms with Gasteiger partial charge in [-0.1, -0.05) is 13.8 Å². The lowest BCUT2D eigenvalue weighted by Crippen LogP contribution is -2.57. The molecule has 0 heterocycles. The van der Waals surface area contributed by atoms with Crippen molar-refractivity contribution in [3.05, 3.63) is 0 Å². The Morgan fingerprint density at radius 1 is 1.26 bits per heavy atom. The van der Waals surface area contributed by atoms with Gasteiger partial charge in [0, 0.05) is 6.54 Å². The number of likely N-dealkylation sites (N-methyl/N-ethyl adjacent to an activating group) is 1. The second-order valence-electron chi connectivity index (χ2n) is 5.59. The molecule has 0 aromatic carbocycles. The lowest BCUT2D eigenvalue weighted by molar-refractivity contribution is -0.145. The third-order valence-electron chi connectivity index (χ3n) is 3.30. The number of aliphatic carboxylic acids is 1. The molecule has 19 heavy (non-hydrogen) atoms. The molecule has 0 aliphatic carbocycles. The fourth-order valence-corrected chi connectivity index (χ4v) is 2.01. The Bertz CT molecular complexity index is 259. The molecule has 0 bridgehead atoms. The second kappa shape index (κ2) is 9.28. The van der Waals surface area contributed by atoms with Gasteiger partial charge in [-0.3, -0.25) is 4.79 Å². The lowest BCUT2D eigenvalue weighted by Gasteiger charge is -2.33. The van der Waals surface area contributed by atoms with Crippen LogP contribution >= 0.6 is 0 Å². The molecule has 1 atom stereocenters. The van der Waals surface area contributed by atoms with E-state index in [0.717, 1.165) is 39.0 Å². The molecule has 0 aliphatic heterocycles. The van der Waals surface area contributed by atoms with Crippen LogP contribution < -0.4 is 5.32 Å². The van der Waals surface area contributed by atoms with E-state index >= 15 is 0 Å². The smallest absolute Gasteiger partial charge is 0.324 e. The predicted molar refractivity (Wildman–Crippen MR) is 79.6 cm³/mol. The fraction of sp³-hybridized carbons (Fsp3) is 0.929. The van der Waals surface area contributed by atoms with Gasteiger partial charge >= 0.3 is 5.97 Å². The van der Waals surface area contributed by atoms with Crippen LogP contribution in [0.2, 0.25) is 0 Å². The molecule has 5 heteroatoms. The topological polar surface area (TPSA) is 55.8 Å². The molecular formula is C14H31N3O2. The summed E-state index contributed by atoms with van der Waals surface area (Å²) < 4.78 is 0. The molecule has 0 aromatic rings. The normalized spacial score (nSPS) is 14.9. The lowest BCUT2D eigenvalue weighted by atomic mass is 10.0. The van der Waals surface area contributed by atoms with Gasteiger partial charge in [0.1, 0.15) is 5.54 Å². The highest BCUT2D eigenvalue weighted by Gasteiger charge is 2.33. The van der Waals surface area contributed by atoms with Crippen molar-refractivity contribution >= 4 is 5.97 Å². The zero-order valence-electron chi connectivity index (χ0n) is 13.2. The Labute approximate surface area is 118 Å². The van der Waals surface area contributed by atoms with Crippen molar-refractivity contribution in [3.63, 3.8) is 0 Å². The summed E-state index contributed by atoms with van der Waals surface area (Å²) in [6, 6.07) is 0. The van der Waals surface area contributed by atoms with Crippen LogP contribution in [-0.2, 0) is 4.79 Å². The number of hydrogen-bond donors (Lipinski definition) is 2. The molecule has 2 N–H and O–H groups in total. The quantitative estimate of drug-likeness (QED) is 0.590. The monoisotopic (exact) mass is 273 g/mol. The van der Waals surface area contributed by atoms with Crippen molar-refractivity contribution in [1.29, 1.82) is 0 Å². The molecule has 0 saturated heterocycles. The van der Waals surface area contributed by atoms with E-state index in [0.29, 0.717) is 6.54 Å². The number of nitrogens with one attached hydrogen (secondary N) is 1. The Morgan fingerprint density at radius 2 is 1.89 bits per heavy atom. The average molecular weight is 273 g/mol. The minimum absolute atomic E-state index is 0.548. The molecule has 1 unspecified atom stereocenters. The van der Waals surface area contributed by atoms with Crippen molar-refractivity contribution in [1.82, 2.24) is 15.1 Å². The minimum Gasteiger partial charge on any atom is -0.480 e. The first-order valence-corrected chi connectivity index (χ1v) is 7.21. The van der Waals surface area contributed by atoms with Gasteiger partial charge in [-0.05, 0) is 60.0 Å². The molecule has 0 rings (SSSR count). The van der Waals surface area contributed by atoms with E-state index < -0.39 is 11.5 Å². The molecule has 0 saturated carbocycles. The van der Waals surface area contributed by atoms with E-state index in [1.54, 1.807) is 6.92 Å². The third-order valence-corrected chi connectivity index (χ3v) is 3.30. The number of nitrogens with zero attached hydrogens (tertiary/aromatic N) is 2. The Kier molecular flexibility index (Phi) is 8.97. The van der Waals surface area contributed by atoms with Gasteiger partial charge in [-0.25, -0.2) is 0 Å². The number of carboxylic acids is 1. The molecule has 0 fully saturated rings. The first-order valence-electron chi connectivity index (χ1n) is 7.21. The van der Waals surface area contributed by atoms with E-state index in [1.165, 1.54) is 0 Å². The van der Waals surface area contributed by atoms with E-state index in [4.69, 9.17) is 0 Å². The maximum absolute atomic E-state index is 11.5. The molecule has 0 aliphatic rings. The van der Waals surface area contributed by atoms with Crippen LogP contribution in [0, 0.1) is 0 Å². The zero-order valence-corrected chi connectivity index (χ0v) is 13.2. The van der Waals surface area contributed by atoms with Crippen molar-refractivity contribution in [2.24, 2.45) is 0 Å². The maximum Gasteiger partial charge on any atom is 0.324 e. The van der Waals surface area contributed by atoms with Crippen LogP contribution in [0.1, 0.15) is 33.6 Å². The predicted octanol–water partition coefficient (Wildman–Crippen LogP) is 1.10. The van der Waals surface area contributed by atoms with Gasteiger partial charge in [-0.2, -0.15) is 0 Å². The average Bonchev–Trinajstić information content (AvgIpc) is 2.34. The van der Waals surface area contributed by atoms with Crippen LogP contribution in [0.3, 0.4) is 0 Å². The second-order valence-corrected chi connectivity index (χ2v) is 5.59. The summed E-state index contributed by atoms with van der Waals surface area (Å²) in [6.07, 6.45) is 2.00. The summed E-state index contributed by atoms with van der Waals surface area (Å²) in [5.41, 5.74) is -0.857. The number of rotatable bonds is 11. The van der Waals surface area contributed by atoms with Crippen molar-refractivity contribution < 1.29 is 9.90 Å². The standard InChI is InChI=1S/C14H31N3O2/c1-6-9-15-14(3,13(18)19)12-17(7-2)11-8-10-16(4)5/h15H,6-12H2,1-5H3,(H,18,19). The first kappa shape index (κ1) is 18.4. The molecule has 0 aromatic heterocycles. The summed E-state index contributed by atoms with van der Waals surface area (Å²) in [7, 11) is 4.11. The van der Waals surface area contributed by atoms with Crippen LogP contribution in [0.5, 0.6) is 0 Å². The fourth-order valence-electron chi connectivity index (χ4n) is 2.01. The van der Waals surface area contributed by atoms with Crippen LogP contribution in [0.4, 0.5) is 0 Å². The zero-order chi connectivity index (χ0) is 14.9. The number of carboxylic acid groups (broad SMARTS) is 1. The van der Waals surface area contributed by atoms with E-state index in [2.05, 4.69) is 36.1 Å². The molecule has 0 radical (unpaired) electrons. The maximum atomic E-state index is 11.5. The summed E-state index contributed by atoms with van der Waals surface area (Å²) in [6.45, 7) is 10.0. The van der Waals surface area contributed by atoms with Crippen LogP contribution in [0.25, 0.3) is 0 Å². The highest BCUT2D eigenvalue weighted by molar-refractivity contribution is 5.78. The Morgan fingerprint density at radius 3 is 2.32 bits per heavy atom. The van der Waals surface area contributed by atoms with Crippen molar-refractivity contribution in [2.75, 3.05) is 46.8 Å². The number of carbonyl (C=O) groups is 1. The Balaban J connectivity index is 4.39. The largest absolute Gasteiger partial charge is 0.480 e. The number of hydrogen-bond acceptors (Lipinski definition) is 4. The summed E-state index contributed by atoms with van der Waals surface area (Å²) in [5, 5.41) is 12.6. The van der Waals surface area contributed by atoms with E-state index in [9.17, 15) is 9.90 Å². The van der Waals surface area contributed by atoms with Gasteiger partial charge in [0.25, 0.3) is 0 Å². The molecule has 114 valence electrons. The molecular weight excluding hydrogens is 242 g/mol. The molecule has 0 amide bonds. The molecule has 0 spiro atoms. The SMILES string of the molecule is CCCNC(C)(CN(CC)CCCN(C)C)C(=O)O. The van der Waals surface area contributed by atoms with Crippen molar-refractivity contribution in [2.45, 2.75) is 39.2 Å². The summed E-state index contributed by atoms with van der Waals surface area (Å²) in [5.74, 6) is -0.771. The van der Waals surface area contributed by atoms with Gasteiger partial charge in [0.05, 0.1) is 0 Å². The first-order chi connectivity index (χ1) is 8.85. The van der Waals surface area contributed by atoms with Crippen molar-refractivity contribution in [3.8, 4) is 0 Å². The van der Waals surface area contributed by atoms with Gasteiger partial charge in [0.2, 0.25) is 0 Å². The van der Waals surface area contributed by atoms with Gasteiger partial charge in [-0.15, -0.1) is 0 Å². The molecule has 5 nitrogen and oxygen atoms in total. The minimum atomic E-state index is -0.857. The summed E-state index contributed by atoms with van der Waals surface area (Å²) in [4.78, 5) is 15.8. The van der Waals surface area contributed by atoms with Crippen LogP contribution in [-0.4, -0.2) is 73.2 Å². The van der Waals surface area contributed by atoms with Gasteiger partial charge < -0.3 is 20.2 Å². The van der Waals surface area contributed by atoms with Crippen LogP contribution in [0.15, 0.2) is 0 Å². The highest BCUT2D eigenvalue weighted by atomic mass is 16.4. The Hall–Kier alpha value is -0.650.